The van der Waals surface area contributed by atoms with Crippen molar-refractivity contribution in [1.29, 1.82) is 5.26 Å². The van der Waals surface area contributed by atoms with Crippen LogP contribution in [0.5, 0.6) is 5.75 Å². The fraction of sp³-hybridized carbons (Fsp3) is 0.0435. The Morgan fingerprint density at radius 3 is 2.45 bits per heavy atom. The zero-order chi connectivity index (χ0) is 21.8. The predicted molar refractivity (Wildman–Crippen MR) is 122 cm³/mol. The Hall–Kier alpha value is -3.66. The normalized spacial score (nSPS) is 11.0. The number of hydrogen-bond acceptors (Lipinski definition) is 5. The molecule has 0 N–H and O–H groups in total. The van der Waals surface area contributed by atoms with Crippen LogP contribution in [0.15, 0.2) is 76.6 Å². The largest absolute Gasteiger partial charge is 0.476 e. The molecule has 0 bridgehead atoms. The molecule has 0 spiro atoms. The van der Waals surface area contributed by atoms with Gasteiger partial charge in [-0.25, -0.2) is 4.98 Å². The summed E-state index contributed by atoms with van der Waals surface area (Å²) in [6, 6.07) is 21.5. The minimum atomic E-state index is -0.299. The van der Waals surface area contributed by atoms with Crippen LogP contribution in [0.3, 0.4) is 0 Å². The molecule has 3 aromatic carbocycles. The van der Waals surface area contributed by atoms with Crippen LogP contribution >= 0.6 is 23.2 Å². The van der Waals surface area contributed by atoms with E-state index >= 15 is 0 Å². The maximum atomic E-state index is 13.2. The third kappa shape index (κ3) is 4.29. The summed E-state index contributed by atoms with van der Waals surface area (Å²) in [6.07, 6.45) is 1.47. The van der Waals surface area contributed by atoms with Gasteiger partial charge < -0.3 is 4.74 Å². The third-order valence-corrected chi connectivity index (χ3v) is 4.97. The molecule has 0 amide bonds. The average Bonchev–Trinajstić information content (AvgIpc) is 2.78. The molecule has 0 saturated heterocycles. The summed E-state index contributed by atoms with van der Waals surface area (Å²) in [5.74, 6) is 0.628. The van der Waals surface area contributed by atoms with E-state index in [1.165, 1.54) is 10.9 Å². The average molecular weight is 449 g/mol. The zero-order valence-electron chi connectivity index (χ0n) is 16.0. The summed E-state index contributed by atoms with van der Waals surface area (Å²) in [5.41, 5.74) is 1.59. The Kier molecular flexibility index (Phi) is 5.99. The summed E-state index contributed by atoms with van der Waals surface area (Å²) < 4.78 is 6.49. The highest BCUT2D eigenvalue weighted by Gasteiger charge is 2.13. The summed E-state index contributed by atoms with van der Waals surface area (Å²) >= 11 is 12.5. The fourth-order valence-electron chi connectivity index (χ4n) is 3.03. The van der Waals surface area contributed by atoms with Gasteiger partial charge in [0.15, 0.2) is 18.2 Å². The quantitative estimate of drug-likeness (QED) is 0.395. The molecule has 0 atom stereocenters. The minimum Gasteiger partial charge on any atom is -0.476 e. The van der Waals surface area contributed by atoms with E-state index in [1.54, 1.807) is 30.3 Å². The second-order valence-electron chi connectivity index (χ2n) is 6.44. The Morgan fingerprint density at radius 2 is 1.74 bits per heavy atom. The molecule has 8 heteroatoms. The van der Waals surface area contributed by atoms with Crippen LogP contribution in [-0.2, 0) is 0 Å². The van der Waals surface area contributed by atoms with Crippen molar-refractivity contribution in [3.8, 4) is 23.2 Å². The van der Waals surface area contributed by atoms with E-state index in [9.17, 15) is 4.79 Å². The molecule has 1 aromatic heterocycles. The van der Waals surface area contributed by atoms with Crippen molar-refractivity contribution in [2.45, 2.75) is 0 Å². The molecule has 0 aliphatic rings. The van der Waals surface area contributed by atoms with Crippen molar-refractivity contribution in [3.05, 3.63) is 92.7 Å². The van der Waals surface area contributed by atoms with Gasteiger partial charge >= 0.3 is 0 Å². The summed E-state index contributed by atoms with van der Waals surface area (Å²) in [4.78, 5) is 17.8. The number of hydrogen-bond donors (Lipinski definition) is 0. The van der Waals surface area contributed by atoms with Gasteiger partial charge in [0.05, 0.1) is 27.2 Å². The van der Waals surface area contributed by atoms with E-state index in [-0.39, 0.29) is 28.0 Å². The molecule has 152 valence electrons. The monoisotopic (exact) mass is 448 g/mol. The van der Waals surface area contributed by atoms with E-state index in [4.69, 9.17) is 33.2 Å². The van der Waals surface area contributed by atoms with Crippen LogP contribution < -0.4 is 10.3 Å². The third-order valence-electron chi connectivity index (χ3n) is 4.41. The Balaban J connectivity index is 1.83. The number of nitriles is 1. The van der Waals surface area contributed by atoms with Crippen LogP contribution in [0, 0.1) is 11.3 Å². The lowest BCUT2D eigenvalue weighted by atomic mass is 10.2. The van der Waals surface area contributed by atoms with Gasteiger partial charge in [-0.05, 0) is 29.8 Å². The lowest BCUT2D eigenvalue weighted by molar-refractivity contribution is 0.368. The second-order valence-corrected chi connectivity index (χ2v) is 7.25. The van der Waals surface area contributed by atoms with E-state index in [0.29, 0.717) is 22.3 Å². The maximum Gasteiger partial charge on any atom is 0.282 e. The molecule has 0 unspecified atom stereocenters. The lowest BCUT2D eigenvalue weighted by Crippen LogP contribution is -2.20. The van der Waals surface area contributed by atoms with Gasteiger partial charge in [0.1, 0.15) is 6.07 Å². The molecule has 0 fully saturated rings. The fourth-order valence-corrected chi connectivity index (χ4v) is 3.64. The molecular weight excluding hydrogens is 435 g/mol. The molecular formula is C23H14Cl2N4O2. The zero-order valence-corrected chi connectivity index (χ0v) is 17.5. The van der Waals surface area contributed by atoms with Gasteiger partial charge in [0.25, 0.3) is 5.56 Å². The van der Waals surface area contributed by atoms with Gasteiger partial charge in [-0.1, -0.05) is 65.7 Å². The van der Waals surface area contributed by atoms with Gasteiger partial charge in [-0.2, -0.15) is 15.0 Å². The molecule has 0 saturated carbocycles. The molecule has 31 heavy (non-hydrogen) atoms. The molecule has 0 radical (unpaired) electrons. The SMILES string of the molecule is N#CCOc1c(Cl)cc(C=Nn2c(-c3ccccc3)nc3ccccc3c2=O)cc1Cl. The number of rotatable bonds is 5. The molecule has 6 nitrogen and oxygen atoms in total. The topological polar surface area (TPSA) is 80.3 Å². The minimum absolute atomic E-state index is 0.175. The van der Waals surface area contributed by atoms with Crippen molar-refractivity contribution in [2.75, 3.05) is 6.61 Å². The lowest BCUT2D eigenvalue weighted by Gasteiger charge is -2.10. The molecule has 0 aliphatic heterocycles. The number of aromatic nitrogens is 2. The predicted octanol–water partition coefficient (Wildman–Crippen LogP) is 5.15. The first-order valence-electron chi connectivity index (χ1n) is 9.19. The number of para-hydroxylation sites is 1. The van der Waals surface area contributed by atoms with E-state index in [0.717, 1.165) is 5.56 Å². The Bertz CT molecular complexity index is 1370. The van der Waals surface area contributed by atoms with Gasteiger partial charge in [-0.3, -0.25) is 4.79 Å². The Morgan fingerprint density at radius 1 is 1.06 bits per heavy atom. The summed E-state index contributed by atoms with van der Waals surface area (Å²) in [6.45, 7) is -0.175. The summed E-state index contributed by atoms with van der Waals surface area (Å²) in [5, 5.41) is 14.0. The highest BCUT2D eigenvalue weighted by Crippen LogP contribution is 2.33. The van der Waals surface area contributed by atoms with Gasteiger partial charge in [0.2, 0.25) is 0 Å². The first kappa shape index (κ1) is 20.6. The maximum absolute atomic E-state index is 13.2. The number of benzene rings is 3. The first-order chi connectivity index (χ1) is 15.1. The van der Waals surface area contributed by atoms with Crippen LogP contribution in [0.1, 0.15) is 5.56 Å². The van der Waals surface area contributed by atoms with Crippen molar-refractivity contribution in [3.63, 3.8) is 0 Å². The van der Waals surface area contributed by atoms with Gasteiger partial charge in [-0.15, -0.1) is 0 Å². The smallest absolute Gasteiger partial charge is 0.282 e. The Labute approximate surface area is 187 Å². The van der Waals surface area contributed by atoms with Crippen molar-refractivity contribution >= 4 is 40.3 Å². The van der Waals surface area contributed by atoms with Gasteiger partial charge in [0, 0.05) is 5.56 Å². The van der Waals surface area contributed by atoms with Crippen molar-refractivity contribution < 1.29 is 4.74 Å². The highest BCUT2D eigenvalue weighted by atomic mass is 35.5. The molecule has 1 heterocycles. The molecule has 0 aliphatic carbocycles. The molecule has 4 rings (SSSR count). The van der Waals surface area contributed by atoms with E-state index in [1.807, 2.05) is 42.5 Å². The number of ether oxygens (including phenoxy) is 1. The van der Waals surface area contributed by atoms with Crippen molar-refractivity contribution in [2.24, 2.45) is 5.10 Å². The highest BCUT2D eigenvalue weighted by molar-refractivity contribution is 6.37. The number of halogens is 2. The van der Waals surface area contributed by atoms with Crippen LogP contribution in [0.4, 0.5) is 0 Å². The molecule has 4 aromatic rings. The van der Waals surface area contributed by atoms with Crippen LogP contribution in [0.2, 0.25) is 10.0 Å². The second kappa shape index (κ2) is 9.00. The first-order valence-corrected chi connectivity index (χ1v) is 9.94. The van der Waals surface area contributed by atoms with Crippen LogP contribution in [-0.4, -0.2) is 22.5 Å². The van der Waals surface area contributed by atoms with E-state index in [2.05, 4.69) is 10.1 Å². The van der Waals surface area contributed by atoms with Crippen LogP contribution in [0.25, 0.3) is 22.3 Å². The number of nitrogens with zero attached hydrogens (tertiary/aromatic N) is 4. The number of fused-ring (bicyclic) bond motifs is 1. The van der Waals surface area contributed by atoms with Crippen molar-refractivity contribution in [1.82, 2.24) is 9.66 Å². The van der Waals surface area contributed by atoms with E-state index < -0.39 is 0 Å². The standard InChI is InChI=1S/C23H14Cl2N4O2/c24-18-12-15(13-19(25)21(18)31-11-10-26)14-27-29-22(16-6-2-1-3-7-16)28-20-9-5-4-8-17(20)23(29)30/h1-9,12-14H,11H2. The summed E-state index contributed by atoms with van der Waals surface area (Å²) in [7, 11) is 0.